The zero-order valence-electron chi connectivity index (χ0n) is 9.29. The molecule has 0 spiro atoms. The van der Waals surface area contributed by atoms with E-state index in [4.69, 9.17) is 5.11 Å². The number of amides is 1. The van der Waals surface area contributed by atoms with E-state index in [2.05, 4.69) is 10.6 Å². The Morgan fingerprint density at radius 2 is 1.94 bits per heavy atom. The van der Waals surface area contributed by atoms with Crippen LogP contribution >= 0.6 is 0 Å². The van der Waals surface area contributed by atoms with Crippen LogP contribution in [0.15, 0.2) is 0 Å². The first-order chi connectivity index (χ1) is 7.65. The summed E-state index contributed by atoms with van der Waals surface area (Å²) in [5, 5.41) is 14.9. The highest BCUT2D eigenvalue weighted by molar-refractivity contribution is 6.04. The average Bonchev–Trinajstić information content (AvgIpc) is 3.11. The van der Waals surface area contributed by atoms with Crippen molar-refractivity contribution >= 4 is 11.9 Å². The van der Waals surface area contributed by atoms with Crippen LogP contribution in [0.3, 0.4) is 0 Å². The zero-order valence-corrected chi connectivity index (χ0v) is 9.29. The number of aliphatic carboxylic acids is 1. The van der Waals surface area contributed by atoms with Gasteiger partial charge in [-0.05, 0) is 38.6 Å². The van der Waals surface area contributed by atoms with Gasteiger partial charge < -0.3 is 15.7 Å². The lowest BCUT2D eigenvalue weighted by molar-refractivity contribution is -0.149. The second kappa shape index (κ2) is 4.41. The second-order valence-corrected chi connectivity index (χ2v) is 4.73. The zero-order chi connectivity index (χ0) is 11.6. The van der Waals surface area contributed by atoms with E-state index in [0.717, 1.165) is 13.0 Å². The Balaban J connectivity index is 1.58. The summed E-state index contributed by atoms with van der Waals surface area (Å²) in [4.78, 5) is 22.4. The van der Waals surface area contributed by atoms with Gasteiger partial charge in [0.25, 0.3) is 0 Å². The summed E-state index contributed by atoms with van der Waals surface area (Å²) in [6.45, 7) is 1.46. The van der Waals surface area contributed by atoms with E-state index in [-0.39, 0.29) is 5.91 Å². The standard InChI is InChI=1S/C11H18N2O3/c14-9(11(4-5-11)10(15)16)13-7-1-6-12-8-2-3-8/h8,12H,1-7H2,(H,13,14)(H,15,16). The van der Waals surface area contributed by atoms with Gasteiger partial charge in [0.05, 0.1) is 0 Å². The lowest BCUT2D eigenvalue weighted by Crippen LogP contribution is -2.38. The normalized spacial score (nSPS) is 21.5. The van der Waals surface area contributed by atoms with E-state index in [1.54, 1.807) is 0 Å². The summed E-state index contributed by atoms with van der Waals surface area (Å²) in [5.41, 5.74) is -1.09. The van der Waals surface area contributed by atoms with Crippen molar-refractivity contribution < 1.29 is 14.7 Å². The molecule has 1 amide bonds. The van der Waals surface area contributed by atoms with Crippen molar-refractivity contribution in [1.29, 1.82) is 0 Å². The predicted molar refractivity (Wildman–Crippen MR) is 58.0 cm³/mol. The van der Waals surface area contributed by atoms with Crippen LogP contribution in [0.25, 0.3) is 0 Å². The van der Waals surface area contributed by atoms with Crippen molar-refractivity contribution in [2.24, 2.45) is 5.41 Å². The molecule has 0 aromatic rings. The van der Waals surface area contributed by atoms with E-state index in [1.807, 2.05) is 0 Å². The largest absolute Gasteiger partial charge is 0.480 e. The molecule has 0 aromatic carbocycles. The highest BCUT2D eigenvalue weighted by atomic mass is 16.4. The quantitative estimate of drug-likeness (QED) is 0.425. The topological polar surface area (TPSA) is 78.4 Å². The van der Waals surface area contributed by atoms with Crippen LogP contribution in [0.5, 0.6) is 0 Å². The number of rotatable bonds is 7. The molecule has 0 bridgehead atoms. The molecule has 0 unspecified atom stereocenters. The van der Waals surface area contributed by atoms with Gasteiger partial charge >= 0.3 is 5.97 Å². The van der Waals surface area contributed by atoms with Crippen LogP contribution in [0.4, 0.5) is 0 Å². The van der Waals surface area contributed by atoms with Crippen LogP contribution in [-0.4, -0.2) is 36.1 Å². The third kappa shape index (κ3) is 2.52. The Labute approximate surface area is 94.6 Å². The SMILES string of the molecule is O=C(O)C1(C(=O)NCCCNC2CC2)CC1. The van der Waals surface area contributed by atoms with E-state index in [1.165, 1.54) is 12.8 Å². The minimum Gasteiger partial charge on any atom is -0.480 e. The molecule has 3 N–H and O–H groups in total. The lowest BCUT2D eigenvalue weighted by atomic mass is 10.1. The van der Waals surface area contributed by atoms with E-state index in [9.17, 15) is 9.59 Å². The maximum Gasteiger partial charge on any atom is 0.319 e. The van der Waals surface area contributed by atoms with E-state index >= 15 is 0 Å². The lowest BCUT2D eigenvalue weighted by Gasteiger charge is -2.10. The molecule has 2 rings (SSSR count). The van der Waals surface area contributed by atoms with Crippen LogP contribution in [0.2, 0.25) is 0 Å². The highest BCUT2D eigenvalue weighted by Crippen LogP contribution is 2.45. The van der Waals surface area contributed by atoms with Crippen LogP contribution in [0, 0.1) is 5.41 Å². The maximum atomic E-state index is 11.6. The van der Waals surface area contributed by atoms with Crippen molar-refractivity contribution in [3.05, 3.63) is 0 Å². The van der Waals surface area contributed by atoms with Crippen LogP contribution in [-0.2, 0) is 9.59 Å². The summed E-state index contributed by atoms with van der Waals surface area (Å²) in [7, 11) is 0. The maximum absolute atomic E-state index is 11.6. The third-order valence-electron chi connectivity index (χ3n) is 3.24. The highest BCUT2D eigenvalue weighted by Gasteiger charge is 2.56. The van der Waals surface area contributed by atoms with Gasteiger partial charge in [0.15, 0.2) is 0 Å². The predicted octanol–water partition coefficient (Wildman–Crippen LogP) is 0.109. The van der Waals surface area contributed by atoms with Crippen molar-refractivity contribution in [3.8, 4) is 0 Å². The number of nitrogens with one attached hydrogen (secondary N) is 2. The van der Waals surface area contributed by atoms with Gasteiger partial charge in [0.2, 0.25) is 5.91 Å². The summed E-state index contributed by atoms with van der Waals surface area (Å²) in [6, 6.07) is 0.685. The Morgan fingerprint density at radius 3 is 2.44 bits per heavy atom. The van der Waals surface area contributed by atoms with E-state index < -0.39 is 11.4 Å². The fourth-order valence-electron chi connectivity index (χ4n) is 1.72. The van der Waals surface area contributed by atoms with Crippen LogP contribution < -0.4 is 10.6 Å². The summed E-state index contributed by atoms with van der Waals surface area (Å²) < 4.78 is 0. The van der Waals surface area contributed by atoms with Crippen molar-refractivity contribution in [3.63, 3.8) is 0 Å². The number of carboxylic acids is 1. The smallest absolute Gasteiger partial charge is 0.319 e. The molecule has 2 aliphatic rings. The number of carbonyl (C=O) groups excluding carboxylic acids is 1. The first kappa shape index (κ1) is 11.4. The Kier molecular flexibility index (Phi) is 3.14. The summed E-state index contributed by atoms with van der Waals surface area (Å²) in [6.07, 6.45) is 4.34. The van der Waals surface area contributed by atoms with Crippen molar-refractivity contribution in [2.45, 2.75) is 38.1 Å². The van der Waals surface area contributed by atoms with Gasteiger partial charge in [-0.1, -0.05) is 0 Å². The molecule has 5 nitrogen and oxygen atoms in total. The molecule has 2 saturated carbocycles. The monoisotopic (exact) mass is 226 g/mol. The fourth-order valence-corrected chi connectivity index (χ4v) is 1.72. The Morgan fingerprint density at radius 1 is 1.25 bits per heavy atom. The van der Waals surface area contributed by atoms with Gasteiger partial charge in [-0.15, -0.1) is 0 Å². The molecular formula is C11H18N2O3. The van der Waals surface area contributed by atoms with E-state index in [0.29, 0.717) is 25.4 Å². The molecule has 0 aromatic heterocycles. The Hall–Kier alpha value is -1.10. The van der Waals surface area contributed by atoms with Gasteiger partial charge in [-0.25, -0.2) is 0 Å². The number of hydrogen-bond acceptors (Lipinski definition) is 3. The molecule has 0 atom stereocenters. The number of carboxylic acid groups (broad SMARTS) is 1. The van der Waals surface area contributed by atoms with Gasteiger partial charge in [-0.2, -0.15) is 0 Å². The first-order valence-corrected chi connectivity index (χ1v) is 5.90. The molecule has 0 radical (unpaired) electrons. The number of hydrogen-bond donors (Lipinski definition) is 3. The van der Waals surface area contributed by atoms with Crippen molar-refractivity contribution in [2.75, 3.05) is 13.1 Å². The minimum absolute atomic E-state index is 0.313. The fraction of sp³-hybridized carbons (Fsp3) is 0.818. The Bertz CT molecular complexity index is 296. The molecule has 0 aliphatic heterocycles. The first-order valence-electron chi connectivity index (χ1n) is 5.90. The second-order valence-electron chi connectivity index (χ2n) is 4.73. The molecule has 0 heterocycles. The summed E-state index contributed by atoms with van der Waals surface area (Å²) >= 11 is 0. The van der Waals surface area contributed by atoms with Crippen molar-refractivity contribution in [1.82, 2.24) is 10.6 Å². The molecule has 90 valence electrons. The summed E-state index contributed by atoms with van der Waals surface area (Å²) in [5.74, 6) is -1.30. The molecule has 5 heteroatoms. The van der Waals surface area contributed by atoms with Gasteiger partial charge in [0, 0.05) is 12.6 Å². The molecule has 2 fully saturated rings. The molecule has 16 heavy (non-hydrogen) atoms. The van der Waals surface area contributed by atoms with Gasteiger partial charge in [-0.3, -0.25) is 9.59 Å². The number of carbonyl (C=O) groups is 2. The minimum atomic E-state index is -1.09. The molecule has 2 aliphatic carbocycles. The average molecular weight is 226 g/mol. The third-order valence-corrected chi connectivity index (χ3v) is 3.24. The molecule has 0 saturated heterocycles. The van der Waals surface area contributed by atoms with Crippen LogP contribution in [0.1, 0.15) is 32.1 Å². The van der Waals surface area contributed by atoms with Gasteiger partial charge in [0.1, 0.15) is 5.41 Å². The molecular weight excluding hydrogens is 208 g/mol.